The van der Waals surface area contributed by atoms with Gasteiger partial charge in [0.1, 0.15) is 23.0 Å². The second-order valence-electron chi connectivity index (χ2n) is 6.91. The molecular weight excluding hydrogens is 414 g/mol. The summed E-state index contributed by atoms with van der Waals surface area (Å²) >= 11 is 1.42. The van der Waals surface area contributed by atoms with E-state index in [-0.39, 0.29) is 23.8 Å². The zero-order chi connectivity index (χ0) is 21.5. The van der Waals surface area contributed by atoms with Crippen molar-refractivity contribution in [2.24, 2.45) is 5.10 Å². The molecular formula is C22H17N5O3S. The van der Waals surface area contributed by atoms with Crippen LogP contribution < -0.4 is 0 Å². The Morgan fingerprint density at radius 3 is 2.87 bits per heavy atom. The van der Waals surface area contributed by atoms with Crippen molar-refractivity contribution < 1.29 is 14.6 Å². The quantitative estimate of drug-likeness (QED) is 0.332. The van der Waals surface area contributed by atoms with Gasteiger partial charge in [0.25, 0.3) is 0 Å². The summed E-state index contributed by atoms with van der Waals surface area (Å²) in [6.45, 7) is 0.0521. The number of hydrogen-bond acceptors (Lipinski definition) is 7. The van der Waals surface area contributed by atoms with Gasteiger partial charge in [0, 0.05) is 16.5 Å². The van der Waals surface area contributed by atoms with Crippen LogP contribution in [0.3, 0.4) is 0 Å². The summed E-state index contributed by atoms with van der Waals surface area (Å²) in [4.78, 5) is 19.8. The number of methoxy groups -OCH3 is 1. The van der Waals surface area contributed by atoms with Crippen LogP contribution in [0.15, 0.2) is 59.4 Å². The predicted molar refractivity (Wildman–Crippen MR) is 121 cm³/mol. The maximum Gasteiger partial charge on any atom is 0.355 e. The molecule has 0 bridgehead atoms. The van der Waals surface area contributed by atoms with Gasteiger partial charge in [-0.1, -0.05) is 30.3 Å². The number of hydrazone groups is 1. The van der Waals surface area contributed by atoms with Gasteiger partial charge in [0.15, 0.2) is 5.84 Å². The smallest absolute Gasteiger partial charge is 0.355 e. The highest BCUT2D eigenvalue weighted by molar-refractivity contribution is 7.19. The number of esters is 1. The number of aromatic amines is 1. The van der Waals surface area contributed by atoms with Gasteiger partial charge in [-0.2, -0.15) is 5.10 Å². The first-order valence-corrected chi connectivity index (χ1v) is 10.3. The highest BCUT2D eigenvalue weighted by Gasteiger charge is 2.30. The molecule has 5 rings (SSSR count). The van der Waals surface area contributed by atoms with Gasteiger partial charge >= 0.3 is 5.97 Å². The molecule has 0 amide bonds. The lowest BCUT2D eigenvalue weighted by Crippen LogP contribution is -2.21. The number of aromatic nitrogens is 2. The Bertz CT molecular complexity index is 1380. The molecule has 0 radical (unpaired) electrons. The topological polar surface area (TPSA) is 115 Å². The summed E-state index contributed by atoms with van der Waals surface area (Å²) < 4.78 is 5.86. The summed E-state index contributed by atoms with van der Waals surface area (Å²) in [6, 6.07) is 15.1. The van der Waals surface area contributed by atoms with E-state index in [1.165, 1.54) is 29.7 Å². The number of para-hydroxylation sites is 2. The number of hydrogen-bond donors (Lipinski definition) is 3. The second-order valence-corrected chi connectivity index (χ2v) is 7.94. The van der Waals surface area contributed by atoms with Crippen LogP contribution in [-0.2, 0) is 4.74 Å². The van der Waals surface area contributed by atoms with Gasteiger partial charge in [-0.05, 0) is 18.2 Å². The average molecular weight is 431 g/mol. The van der Waals surface area contributed by atoms with Crippen LogP contribution in [0.4, 0.5) is 0 Å². The maximum atomic E-state index is 12.2. The Balaban J connectivity index is 1.48. The molecule has 31 heavy (non-hydrogen) atoms. The monoisotopic (exact) mass is 431 g/mol. The number of rotatable bonds is 4. The third-order valence-electron chi connectivity index (χ3n) is 5.05. The summed E-state index contributed by atoms with van der Waals surface area (Å²) in [7, 11) is 1.32. The SMILES string of the molecule is COC(=O)c1[nH]c2ccccc2c1/C=N\N1CC(O)=C(c2nc3ccccc3s2)C1=N. The van der Waals surface area contributed by atoms with Gasteiger partial charge in [-0.25, -0.2) is 14.8 Å². The number of aliphatic hydroxyl groups excluding tert-OH is 1. The molecule has 154 valence electrons. The van der Waals surface area contributed by atoms with E-state index in [1.807, 2.05) is 48.5 Å². The van der Waals surface area contributed by atoms with E-state index in [4.69, 9.17) is 10.1 Å². The summed E-state index contributed by atoms with van der Waals surface area (Å²) in [5.41, 5.74) is 2.80. The summed E-state index contributed by atoms with van der Waals surface area (Å²) in [6.07, 6.45) is 1.51. The molecule has 0 atom stereocenters. The summed E-state index contributed by atoms with van der Waals surface area (Å²) in [5, 5.41) is 26.2. The van der Waals surface area contributed by atoms with Crippen LogP contribution in [0.5, 0.6) is 0 Å². The molecule has 0 saturated heterocycles. The van der Waals surface area contributed by atoms with Crippen molar-refractivity contribution in [2.75, 3.05) is 13.7 Å². The molecule has 0 aliphatic carbocycles. The van der Waals surface area contributed by atoms with Gasteiger partial charge < -0.3 is 14.8 Å². The molecule has 0 spiro atoms. The van der Waals surface area contributed by atoms with Crippen LogP contribution in [-0.4, -0.2) is 51.8 Å². The number of fused-ring (bicyclic) bond motifs is 2. The predicted octanol–water partition coefficient (Wildman–Crippen LogP) is 4.16. The molecule has 2 aromatic carbocycles. The van der Waals surface area contributed by atoms with Crippen LogP contribution in [0.1, 0.15) is 21.1 Å². The van der Waals surface area contributed by atoms with Crippen molar-refractivity contribution in [1.29, 1.82) is 5.41 Å². The van der Waals surface area contributed by atoms with Crippen molar-refractivity contribution in [1.82, 2.24) is 15.0 Å². The van der Waals surface area contributed by atoms with E-state index in [9.17, 15) is 9.90 Å². The third-order valence-corrected chi connectivity index (χ3v) is 6.11. The Kier molecular flexibility index (Phi) is 4.52. The number of carbonyl (C=O) groups excluding carboxylic acids is 1. The zero-order valence-corrected chi connectivity index (χ0v) is 17.2. The number of thiazole rings is 1. The van der Waals surface area contributed by atoms with Crippen molar-refractivity contribution >= 4 is 56.0 Å². The molecule has 3 heterocycles. The lowest BCUT2D eigenvalue weighted by atomic mass is 10.1. The Morgan fingerprint density at radius 1 is 1.29 bits per heavy atom. The fourth-order valence-corrected chi connectivity index (χ4v) is 4.59. The van der Waals surface area contributed by atoms with E-state index >= 15 is 0 Å². The molecule has 0 fully saturated rings. The Hall–Kier alpha value is -3.98. The second kappa shape index (κ2) is 7.37. The Morgan fingerprint density at radius 2 is 2.06 bits per heavy atom. The largest absolute Gasteiger partial charge is 0.509 e. The van der Waals surface area contributed by atoms with Gasteiger partial charge in [0.05, 0.1) is 29.1 Å². The Labute approximate surface area is 180 Å². The molecule has 0 unspecified atom stereocenters. The highest BCUT2D eigenvalue weighted by Crippen LogP contribution is 2.33. The number of nitrogens with zero attached hydrogens (tertiary/aromatic N) is 3. The molecule has 2 aromatic heterocycles. The maximum absolute atomic E-state index is 12.2. The van der Waals surface area contributed by atoms with Gasteiger partial charge in [0.2, 0.25) is 0 Å². The van der Waals surface area contributed by atoms with E-state index in [0.717, 1.165) is 21.1 Å². The number of benzene rings is 2. The first-order chi connectivity index (χ1) is 15.1. The molecule has 1 aliphatic heterocycles. The molecule has 8 nitrogen and oxygen atoms in total. The van der Waals surface area contributed by atoms with E-state index in [2.05, 4.69) is 15.1 Å². The van der Waals surface area contributed by atoms with Crippen LogP contribution in [0.25, 0.3) is 26.7 Å². The molecule has 0 saturated carbocycles. The number of H-pyrrole nitrogens is 1. The standard InChI is InChI=1S/C22H17N5O3S/c1-30-22(29)19-13(12-6-2-3-7-14(12)25-19)10-24-27-11-16(28)18(20(27)23)21-26-15-8-4-5-9-17(15)31-21/h2-10,23,25,28H,11H2,1H3/b23-20?,24-10-. The van der Waals surface area contributed by atoms with Crippen LogP contribution in [0.2, 0.25) is 0 Å². The van der Waals surface area contributed by atoms with E-state index < -0.39 is 5.97 Å². The van der Waals surface area contributed by atoms with Gasteiger partial charge in [-0.15, -0.1) is 11.3 Å². The van der Waals surface area contributed by atoms with Crippen molar-refractivity contribution in [3.05, 3.63) is 70.6 Å². The number of amidine groups is 1. The van der Waals surface area contributed by atoms with Gasteiger partial charge in [-0.3, -0.25) is 5.41 Å². The minimum absolute atomic E-state index is 0.0355. The first-order valence-electron chi connectivity index (χ1n) is 9.44. The number of ether oxygens (including phenoxy) is 1. The van der Waals surface area contributed by atoms with Crippen molar-refractivity contribution in [3.63, 3.8) is 0 Å². The van der Waals surface area contributed by atoms with Crippen molar-refractivity contribution in [2.45, 2.75) is 0 Å². The number of aliphatic hydroxyl groups is 1. The average Bonchev–Trinajstić information content (AvgIpc) is 3.44. The fraction of sp³-hybridized carbons (Fsp3) is 0.0909. The normalized spacial score (nSPS) is 14.5. The molecule has 1 aliphatic rings. The zero-order valence-electron chi connectivity index (χ0n) is 16.4. The highest BCUT2D eigenvalue weighted by atomic mass is 32.1. The fourth-order valence-electron chi connectivity index (χ4n) is 3.56. The van der Waals surface area contributed by atoms with E-state index in [0.29, 0.717) is 16.1 Å². The molecule has 3 N–H and O–H groups in total. The minimum Gasteiger partial charge on any atom is -0.509 e. The van der Waals surface area contributed by atoms with Crippen LogP contribution >= 0.6 is 11.3 Å². The minimum atomic E-state index is -0.509. The van der Waals surface area contributed by atoms with E-state index in [1.54, 1.807) is 0 Å². The van der Waals surface area contributed by atoms with Crippen molar-refractivity contribution in [3.8, 4) is 0 Å². The lowest BCUT2D eigenvalue weighted by Gasteiger charge is -2.11. The van der Waals surface area contributed by atoms with Crippen LogP contribution in [0, 0.1) is 5.41 Å². The number of carbonyl (C=O) groups is 1. The number of nitrogens with one attached hydrogen (secondary N) is 2. The summed E-state index contributed by atoms with van der Waals surface area (Å²) in [5.74, 6) is -0.425. The lowest BCUT2D eigenvalue weighted by molar-refractivity contribution is 0.0595. The molecule has 4 aromatic rings. The molecule has 9 heteroatoms. The third kappa shape index (κ3) is 3.15. The first kappa shape index (κ1) is 19.0.